The van der Waals surface area contributed by atoms with Crippen LogP contribution in [0.25, 0.3) is 0 Å². The Balaban J connectivity index is 1.54. The van der Waals surface area contributed by atoms with Gasteiger partial charge in [0.25, 0.3) is 0 Å². The van der Waals surface area contributed by atoms with Gasteiger partial charge in [0, 0.05) is 27.0 Å². The van der Waals surface area contributed by atoms with Gasteiger partial charge in [0.1, 0.15) is 0 Å². The van der Waals surface area contributed by atoms with Crippen molar-refractivity contribution in [1.29, 1.82) is 0 Å². The van der Waals surface area contributed by atoms with Gasteiger partial charge in [-0.15, -0.1) is 0 Å². The fraction of sp³-hybridized carbons (Fsp3) is 0. The molecular weight excluding hydrogens is 478 g/mol. The SMILES string of the molecule is O=C(c1cccc(C(=O)P(c2ccccc2)c2ccccc2)c1)P(c1ccccc1)c1ccccc1. The molecule has 0 unspecified atom stereocenters. The van der Waals surface area contributed by atoms with E-state index >= 15 is 0 Å². The predicted molar refractivity (Wildman–Crippen MR) is 153 cm³/mol. The summed E-state index contributed by atoms with van der Waals surface area (Å²) in [6.07, 6.45) is 0. The number of carbonyl (C=O) groups is 2. The lowest BCUT2D eigenvalue weighted by atomic mass is 10.1. The first-order chi connectivity index (χ1) is 17.7. The number of hydrogen-bond donors (Lipinski definition) is 0. The summed E-state index contributed by atoms with van der Waals surface area (Å²) in [6, 6.07) is 46.9. The van der Waals surface area contributed by atoms with Crippen molar-refractivity contribution in [3.63, 3.8) is 0 Å². The van der Waals surface area contributed by atoms with Crippen molar-refractivity contribution in [2.45, 2.75) is 0 Å². The maximum atomic E-state index is 14.0. The van der Waals surface area contributed by atoms with Crippen molar-refractivity contribution < 1.29 is 9.59 Å². The molecule has 36 heavy (non-hydrogen) atoms. The second-order valence-corrected chi connectivity index (χ2v) is 12.4. The highest BCUT2D eigenvalue weighted by Crippen LogP contribution is 2.40. The molecule has 0 aliphatic rings. The van der Waals surface area contributed by atoms with Crippen LogP contribution in [0.4, 0.5) is 0 Å². The third-order valence-corrected chi connectivity index (χ3v) is 10.4. The van der Waals surface area contributed by atoms with Gasteiger partial charge in [0.2, 0.25) is 0 Å². The Labute approximate surface area is 214 Å². The van der Waals surface area contributed by atoms with Gasteiger partial charge < -0.3 is 0 Å². The van der Waals surface area contributed by atoms with Crippen LogP contribution in [0.2, 0.25) is 0 Å². The summed E-state index contributed by atoms with van der Waals surface area (Å²) >= 11 is 0. The van der Waals surface area contributed by atoms with Gasteiger partial charge in [-0.3, -0.25) is 9.59 Å². The van der Waals surface area contributed by atoms with Gasteiger partial charge >= 0.3 is 0 Å². The topological polar surface area (TPSA) is 34.1 Å². The molecule has 0 N–H and O–H groups in total. The van der Waals surface area contributed by atoms with Gasteiger partial charge in [-0.05, 0) is 27.3 Å². The quantitative estimate of drug-likeness (QED) is 0.236. The van der Waals surface area contributed by atoms with E-state index in [0.29, 0.717) is 11.1 Å². The smallest absolute Gasteiger partial charge is 0.193 e. The summed E-state index contributed by atoms with van der Waals surface area (Å²) in [7, 11) is -2.54. The third kappa shape index (κ3) is 5.26. The predicted octanol–water partition coefficient (Wildman–Crippen LogP) is 6.23. The molecule has 0 spiro atoms. The summed E-state index contributed by atoms with van der Waals surface area (Å²) < 4.78 is 0. The highest BCUT2D eigenvalue weighted by atomic mass is 31.1. The monoisotopic (exact) mass is 502 g/mol. The van der Waals surface area contributed by atoms with Gasteiger partial charge in [0.05, 0.1) is 0 Å². The minimum Gasteiger partial charge on any atom is -0.288 e. The molecule has 0 aliphatic carbocycles. The van der Waals surface area contributed by atoms with E-state index in [-0.39, 0.29) is 11.0 Å². The molecule has 5 rings (SSSR count). The Morgan fingerprint density at radius 1 is 0.361 bits per heavy atom. The lowest BCUT2D eigenvalue weighted by Gasteiger charge is -2.19. The van der Waals surface area contributed by atoms with Crippen molar-refractivity contribution in [3.8, 4) is 0 Å². The standard InChI is InChI=1S/C32H24O2P2/c33-31(35(27-16-5-1-6-17-27)28-18-7-2-8-19-28)25-14-13-15-26(24-25)32(34)36(29-20-9-3-10-21-29)30-22-11-4-12-23-30/h1-24H. The number of rotatable bonds is 8. The van der Waals surface area contributed by atoms with Crippen molar-refractivity contribution >= 4 is 48.1 Å². The van der Waals surface area contributed by atoms with Crippen LogP contribution >= 0.6 is 15.8 Å². The Morgan fingerprint density at radius 3 is 0.917 bits per heavy atom. The summed E-state index contributed by atoms with van der Waals surface area (Å²) in [6.45, 7) is 0. The highest BCUT2D eigenvalue weighted by molar-refractivity contribution is 7.88. The largest absolute Gasteiger partial charge is 0.288 e. The van der Waals surface area contributed by atoms with E-state index in [4.69, 9.17) is 0 Å². The molecule has 0 radical (unpaired) electrons. The molecule has 0 saturated carbocycles. The van der Waals surface area contributed by atoms with Gasteiger partial charge in [-0.25, -0.2) is 0 Å². The number of carbonyl (C=O) groups excluding carboxylic acids is 2. The van der Waals surface area contributed by atoms with Crippen LogP contribution < -0.4 is 21.2 Å². The van der Waals surface area contributed by atoms with Crippen LogP contribution in [0.3, 0.4) is 0 Å². The van der Waals surface area contributed by atoms with E-state index in [1.807, 2.05) is 140 Å². The third-order valence-electron chi connectivity index (χ3n) is 5.82. The van der Waals surface area contributed by atoms with Crippen LogP contribution in [0.1, 0.15) is 20.7 Å². The first-order valence-corrected chi connectivity index (χ1v) is 14.4. The van der Waals surface area contributed by atoms with Crippen molar-refractivity contribution in [3.05, 3.63) is 157 Å². The molecule has 4 heteroatoms. The maximum absolute atomic E-state index is 14.0. The second kappa shape index (κ2) is 11.4. The fourth-order valence-corrected chi connectivity index (χ4v) is 8.33. The molecule has 0 atom stereocenters. The Kier molecular flexibility index (Phi) is 7.58. The highest BCUT2D eigenvalue weighted by Gasteiger charge is 2.27. The zero-order valence-corrected chi connectivity index (χ0v) is 21.4. The maximum Gasteiger partial charge on any atom is 0.193 e. The summed E-state index contributed by atoms with van der Waals surface area (Å²) in [5.74, 6) is 0. The van der Waals surface area contributed by atoms with Crippen molar-refractivity contribution in [2.24, 2.45) is 0 Å². The number of hydrogen-bond acceptors (Lipinski definition) is 2. The summed E-state index contributed by atoms with van der Waals surface area (Å²) in [4.78, 5) is 27.9. The average Bonchev–Trinajstić information content (AvgIpc) is 2.96. The molecule has 0 aromatic heterocycles. The fourth-order valence-electron chi connectivity index (χ4n) is 4.12. The first kappa shape index (κ1) is 24.0. The Morgan fingerprint density at radius 2 is 0.639 bits per heavy atom. The molecule has 5 aromatic carbocycles. The molecule has 0 bridgehead atoms. The summed E-state index contributed by atoms with van der Waals surface area (Å²) in [5, 5.41) is 3.99. The van der Waals surface area contributed by atoms with Crippen LogP contribution in [0, 0.1) is 0 Å². The lowest BCUT2D eigenvalue weighted by molar-refractivity contribution is 0.108. The Hall–Kier alpha value is -3.70. The average molecular weight is 502 g/mol. The summed E-state index contributed by atoms with van der Waals surface area (Å²) in [5.41, 5.74) is 1.22. The molecule has 0 fully saturated rings. The van der Waals surface area contributed by atoms with E-state index in [2.05, 4.69) is 0 Å². The molecular formula is C32H24O2P2. The molecule has 0 saturated heterocycles. The molecule has 0 aliphatic heterocycles. The van der Waals surface area contributed by atoms with Crippen molar-refractivity contribution in [2.75, 3.05) is 0 Å². The zero-order chi connectivity index (χ0) is 24.7. The minimum atomic E-state index is -1.27. The lowest BCUT2D eigenvalue weighted by Crippen LogP contribution is -2.20. The van der Waals surface area contributed by atoms with Crippen LogP contribution in [-0.2, 0) is 0 Å². The molecule has 0 amide bonds. The van der Waals surface area contributed by atoms with E-state index in [1.165, 1.54) is 0 Å². The minimum absolute atomic E-state index is 0.0424. The normalized spacial score (nSPS) is 10.9. The molecule has 5 aromatic rings. The van der Waals surface area contributed by atoms with E-state index in [0.717, 1.165) is 21.2 Å². The zero-order valence-electron chi connectivity index (χ0n) is 19.6. The van der Waals surface area contributed by atoms with Crippen LogP contribution in [-0.4, -0.2) is 11.0 Å². The van der Waals surface area contributed by atoms with E-state index < -0.39 is 15.8 Å². The van der Waals surface area contributed by atoms with Crippen molar-refractivity contribution in [1.82, 2.24) is 0 Å². The second-order valence-electron chi connectivity index (χ2n) is 8.20. The molecule has 2 nitrogen and oxygen atoms in total. The van der Waals surface area contributed by atoms with Crippen LogP contribution in [0.5, 0.6) is 0 Å². The van der Waals surface area contributed by atoms with Crippen LogP contribution in [0.15, 0.2) is 146 Å². The van der Waals surface area contributed by atoms with Gasteiger partial charge in [-0.1, -0.05) is 140 Å². The van der Waals surface area contributed by atoms with E-state index in [9.17, 15) is 9.59 Å². The van der Waals surface area contributed by atoms with E-state index in [1.54, 1.807) is 6.07 Å². The van der Waals surface area contributed by atoms with Gasteiger partial charge in [0.15, 0.2) is 11.0 Å². The molecule has 0 heterocycles. The van der Waals surface area contributed by atoms with Gasteiger partial charge in [-0.2, -0.15) is 0 Å². The number of benzene rings is 5. The first-order valence-electron chi connectivity index (χ1n) is 11.7. The Bertz CT molecular complexity index is 1260. The molecule has 174 valence electrons.